The second kappa shape index (κ2) is 10.2. The zero-order valence-electron chi connectivity index (χ0n) is 14.7. The number of nitrogens with one attached hydrogen (secondary N) is 1. The van der Waals surface area contributed by atoms with E-state index in [1.165, 1.54) is 5.56 Å². The Morgan fingerprint density at radius 1 is 1.04 bits per heavy atom. The lowest BCUT2D eigenvalue weighted by Gasteiger charge is -2.08. The van der Waals surface area contributed by atoms with Crippen LogP contribution in [-0.4, -0.2) is 25.7 Å². The highest BCUT2D eigenvalue weighted by Crippen LogP contribution is 2.14. The third-order valence-electron chi connectivity index (χ3n) is 3.65. The van der Waals surface area contributed by atoms with Crippen LogP contribution in [0.3, 0.4) is 0 Å². The smallest absolute Gasteiger partial charge is 0.251 e. The summed E-state index contributed by atoms with van der Waals surface area (Å²) >= 11 is 0. The van der Waals surface area contributed by atoms with Gasteiger partial charge in [0.05, 0.1) is 6.61 Å². The number of amides is 1. The molecule has 0 radical (unpaired) electrons. The highest BCUT2D eigenvalue weighted by Gasteiger charge is 2.05. The van der Waals surface area contributed by atoms with Crippen molar-refractivity contribution < 1.29 is 14.3 Å². The molecule has 0 heterocycles. The molecule has 25 heavy (non-hydrogen) atoms. The Kier molecular flexibility index (Phi) is 7.57. The van der Waals surface area contributed by atoms with Crippen molar-refractivity contribution in [2.24, 2.45) is 0 Å². The second-order valence-corrected chi connectivity index (χ2v) is 5.56. The molecular formula is C21H25NO3. The van der Waals surface area contributed by atoms with Crippen LogP contribution < -0.4 is 14.8 Å². The molecule has 0 aliphatic heterocycles. The van der Waals surface area contributed by atoms with Crippen molar-refractivity contribution >= 4 is 5.91 Å². The molecule has 0 atom stereocenters. The largest absolute Gasteiger partial charge is 0.494 e. The van der Waals surface area contributed by atoms with Crippen molar-refractivity contribution in [1.82, 2.24) is 5.32 Å². The van der Waals surface area contributed by atoms with Gasteiger partial charge in [0.15, 0.2) is 0 Å². The van der Waals surface area contributed by atoms with E-state index < -0.39 is 0 Å². The fraction of sp³-hybridized carbons (Fsp3) is 0.286. The van der Waals surface area contributed by atoms with Crippen molar-refractivity contribution in [1.29, 1.82) is 0 Å². The molecule has 0 bridgehead atoms. The molecule has 0 saturated carbocycles. The fourth-order valence-corrected chi connectivity index (χ4v) is 2.37. The molecule has 0 unspecified atom stereocenters. The van der Waals surface area contributed by atoms with Gasteiger partial charge in [-0.25, -0.2) is 0 Å². The Morgan fingerprint density at radius 2 is 1.68 bits per heavy atom. The summed E-state index contributed by atoms with van der Waals surface area (Å²) in [6, 6.07) is 15.2. The van der Waals surface area contributed by atoms with Gasteiger partial charge in [-0.15, -0.1) is 0 Å². The van der Waals surface area contributed by atoms with Crippen LogP contribution in [0, 0.1) is 0 Å². The molecule has 1 amide bonds. The predicted octanol–water partition coefficient (Wildman–Crippen LogP) is 4.01. The fourth-order valence-electron chi connectivity index (χ4n) is 2.37. The summed E-state index contributed by atoms with van der Waals surface area (Å²) in [7, 11) is 0. The summed E-state index contributed by atoms with van der Waals surface area (Å²) in [5.41, 5.74) is 1.87. The molecule has 0 saturated heterocycles. The molecule has 132 valence electrons. The first kappa shape index (κ1) is 18.6. The highest BCUT2D eigenvalue weighted by atomic mass is 16.5. The zero-order valence-corrected chi connectivity index (χ0v) is 14.7. The summed E-state index contributed by atoms with van der Waals surface area (Å²) in [5, 5.41) is 2.94. The second-order valence-electron chi connectivity index (χ2n) is 5.56. The minimum atomic E-state index is -0.0676. The Bertz CT molecular complexity index is 663. The van der Waals surface area contributed by atoms with Crippen molar-refractivity contribution in [2.45, 2.75) is 19.8 Å². The average molecular weight is 339 g/mol. The number of rotatable bonds is 10. The molecule has 0 aromatic heterocycles. The Hall–Kier alpha value is -2.75. The molecule has 0 aliphatic rings. The van der Waals surface area contributed by atoms with Gasteiger partial charge >= 0.3 is 0 Å². The van der Waals surface area contributed by atoms with E-state index >= 15 is 0 Å². The van der Waals surface area contributed by atoms with Crippen molar-refractivity contribution in [3.63, 3.8) is 0 Å². The molecule has 4 nitrogen and oxygen atoms in total. The van der Waals surface area contributed by atoms with Gasteiger partial charge in [0.1, 0.15) is 18.1 Å². The van der Waals surface area contributed by atoms with Crippen molar-refractivity contribution in [3.05, 3.63) is 72.3 Å². The molecule has 2 aromatic rings. The van der Waals surface area contributed by atoms with E-state index in [0.29, 0.717) is 25.3 Å². The van der Waals surface area contributed by atoms with Gasteiger partial charge in [0.2, 0.25) is 0 Å². The van der Waals surface area contributed by atoms with Gasteiger partial charge in [0.25, 0.3) is 5.91 Å². The first-order valence-corrected chi connectivity index (χ1v) is 8.56. The standard InChI is InChI=1S/C21H25NO3/c1-3-16-25-20-13-9-18(10-14-20)21(23)22-15-5-6-17-7-11-19(12-8-17)24-4-2/h3,7-14H,1,4-6,15-16H2,2H3,(H,22,23). The Labute approximate surface area is 149 Å². The Balaban J connectivity index is 1.71. The number of ether oxygens (including phenoxy) is 2. The summed E-state index contributed by atoms with van der Waals surface area (Å²) in [4.78, 5) is 12.1. The maximum atomic E-state index is 12.1. The molecule has 2 aromatic carbocycles. The molecular weight excluding hydrogens is 314 g/mol. The first-order chi connectivity index (χ1) is 12.2. The maximum Gasteiger partial charge on any atom is 0.251 e. The quantitative estimate of drug-likeness (QED) is 0.525. The van der Waals surface area contributed by atoms with Crippen LogP contribution in [0.2, 0.25) is 0 Å². The van der Waals surface area contributed by atoms with Gasteiger partial charge in [-0.3, -0.25) is 4.79 Å². The van der Waals surface area contributed by atoms with E-state index in [2.05, 4.69) is 24.0 Å². The van der Waals surface area contributed by atoms with Gasteiger partial charge in [0, 0.05) is 12.1 Å². The molecule has 1 N–H and O–H groups in total. The third-order valence-corrected chi connectivity index (χ3v) is 3.65. The van der Waals surface area contributed by atoms with E-state index in [0.717, 1.165) is 24.3 Å². The number of benzene rings is 2. The lowest BCUT2D eigenvalue weighted by Crippen LogP contribution is -2.24. The van der Waals surface area contributed by atoms with E-state index in [4.69, 9.17) is 9.47 Å². The number of hydrogen-bond donors (Lipinski definition) is 1. The van der Waals surface area contributed by atoms with Gasteiger partial charge in [-0.1, -0.05) is 24.8 Å². The summed E-state index contributed by atoms with van der Waals surface area (Å²) in [6.45, 7) is 7.34. The van der Waals surface area contributed by atoms with Crippen LogP contribution in [0.4, 0.5) is 0 Å². The summed E-state index contributed by atoms with van der Waals surface area (Å²) < 4.78 is 10.8. The first-order valence-electron chi connectivity index (χ1n) is 8.56. The van der Waals surface area contributed by atoms with Crippen LogP contribution in [0.15, 0.2) is 61.2 Å². The molecule has 0 aliphatic carbocycles. The third kappa shape index (κ3) is 6.34. The van der Waals surface area contributed by atoms with Crippen LogP contribution >= 0.6 is 0 Å². The molecule has 4 heteroatoms. The van der Waals surface area contributed by atoms with E-state index in [9.17, 15) is 4.79 Å². The monoisotopic (exact) mass is 339 g/mol. The highest BCUT2D eigenvalue weighted by molar-refractivity contribution is 5.94. The summed E-state index contributed by atoms with van der Waals surface area (Å²) in [5.74, 6) is 1.55. The minimum absolute atomic E-state index is 0.0676. The number of carbonyl (C=O) groups is 1. The van der Waals surface area contributed by atoms with Gasteiger partial charge in [-0.2, -0.15) is 0 Å². The molecule has 0 fully saturated rings. The van der Waals surface area contributed by atoms with E-state index in [-0.39, 0.29) is 5.91 Å². The topological polar surface area (TPSA) is 47.6 Å². The van der Waals surface area contributed by atoms with Crippen molar-refractivity contribution in [3.8, 4) is 11.5 Å². The maximum absolute atomic E-state index is 12.1. The van der Waals surface area contributed by atoms with Crippen molar-refractivity contribution in [2.75, 3.05) is 19.8 Å². The van der Waals surface area contributed by atoms with Crippen LogP contribution in [0.1, 0.15) is 29.3 Å². The van der Waals surface area contributed by atoms with Gasteiger partial charge < -0.3 is 14.8 Å². The number of hydrogen-bond acceptors (Lipinski definition) is 3. The molecule has 2 rings (SSSR count). The normalized spacial score (nSPS) is 10.1. The SMILES string of the molecule is C=CCOc1ccc(C(=O)NCCCc2ccc(OCC)cc2)cc1. The molecule has 0 spiro atoms. The number of aryl methyl sites for hydroxylation is 1. The zero-order chi connectivity index (χ0) is 17.9. The lowest BCUT2D eigenvalue weighted by molar-refractivity contribution is 0.0953. The summed E-state index contributed by atoms with van der Waals surface area (Å²) in [6.07, 6.45) is 3.49. The predicted molar refractivity (Wildman–Crippen MR) is 100 cm³/mol. The minimum Gasteiger partial charge on any atom is -0.494 e. The van der Waals surface area contributed by atoms with Gasteiger partial charge in [-0.05, 0) is 61.7 Å². The van der Waals surface area contributed by atoms with E-state index in [1.54, 1.807) is 30.3 Å². The van der Waals surface area contributed by atoms with Crippen LogP contribution in [0.5, 0.6) is 11.5 Å². The average Bonchev–Trinajstić information content (AvgIpc) is 2.65. The lowest BCUT2D eigenvalue weighted by atomic mass is 10.1. The van der Waals surface area contributed by atoms with E-state index in [1.807, 2.05) is 19.1 Å². The van der Waals surface area contributed by atoms with Crippen LogP contribution in [-0.2, 0) is 6.42 Å². The Morgan fingerprint density at radius 3 is 2.32 bits per heavy atom. The number of carbonyl (C=O) groups excluding carboxylic acids is 1. The van der Waals surface area contributed by atoms with Crippen LogP contribution in [0.25, 0.3) is 0 Å².